The van der Waals surface area contributed by atoms with E-state index in [1.54, 1.807) is 24.3 Å². The number of hydrazone groups is 1. The Morgan fingerprint density at radius 2 is 1.49 bits per heavy atom. The van der Waals surface area contributed by atoms with Crippen molar-refractivity contribution >= 4 is 51.8 Å². The summed E-state index contributed by atoms with van der Waals surface area (Å²) in [7, 11) is -4.51. The van der Waals surface area contributed by atoms with Gasteiger partial charge in [-0.05, 0) is 119 Å². The van der Waals surface area contributed by atoms with Crippen molar-refractivity contribution in [2.24, 2.45) is 5.10 Å². The lowest BCUT2D eigenvalue weighted by Crippen LogP contribution is -2.50. The number of allylic oxidation sites excluding steroid dienone is 1. The summed E-state index contributed by atoms with van der Waals surface area (Å²) in [5.41, 5.74) is 6.22. The first-order valence-electron chi connectivity index (χ1n) is 25.8. The number of pyridine rings is 1. The molecule has 77 heavy (non-hydrogen) atoms. The first kappa shape index (κ1) is 61.1. The number of nitrogens with one attached hydrogen (secondary N) is 2. The highest BCUT2D eigenvalue weighted by Crippen LogP contribution is 2.33. The Labute approximate surface area is 448 Å². The number of carboxylic acid groups (broad SMARTS) is 1. The number of aliphatic hydroxyl groups is 5. The van der Waals surface area contributed by atoms with E-state index in [1.165, 1.54) is 41.4 Å². The summed E-state index contributed by atoms with van der Waals surface area (Å²) in [5.74, 6) is 0.340. The number of nitrogens with zero attached hydrogens (tertiary/aromatic N) is 3. The minimum atomic E-state index is -4.51. The third-order valence-corrected chi connectivity index (χ3v) is 13.5. The topological polar surface area (TPSA) is 324 Å². The molecule has 21 nitrogen and oxygen atoms in total. The zero-order chi connectivity index (χ0) is 55.7. The molecule has 4 aromatic rings. The van der Waals surface area contributed by atoms with Crippen molar-refractivity contribution < 1.29 is 77.0 Å². The van der Waals surface area contributed by atoms with Gasteiger partial charge in [0.1, 0.15) is 52.4 Å². The number of ether oxygens (including phenoxy) is 3. The number of rotatable bonds is 34. The quantitative estimate of drug-likeness (QED) is 0.0129. The van der Waals surface area contributed by atoms with Crippen LogP contribution in [0.2, 0.25) is 0 Å². The lowest BCUT2D eigenvalue weighted by atomic mass is 9.87. The molecular formula is C55H71N5O16S. The highest BCUT2D eigenvalue weighted by atomic mass is 32.2. The van der Waals surface area contributed by atoms with Gasteiger partial charge in [-0.1, -0.05) is 36.4 Å². The van der Waals surface area contributed by atoms with Gasteiger partial charge in [0, 0.05) is 67.3 Å². The summed E-state index contributed by atoms with van der Waals surface area (Å²) in [6, 6.07) is 17.5. The summed E-state index contributed by atoms with van der Waals surface area (Å²) in [4.78, 5) is 55.5. The van der Waals surface area contributed by atoms with Crippen molar-refractivity contribution in [1.82, 2.24) is 15.2 Å². The van der Waals surface area contributed by atoms with Crippen LogP contribution in [0.3, 0.4) is 0 Å². The number of benzene rings is 3. The Morgan fingerprint density at radius 1 is 0.805 bits per heavy atom. The maximum atomic E-state index is 13.7. The van der Waals surface area contributed by atoms with Crippen LogP contribution >= 0.6 is 0 Å². The van der Waals surface area contributed by atoms with Crippen LogP contribution in [-0.2, 0) is 32.5 Å². The van der Waals surface area contributed by atoms with E-state index in [2.05, 4.69) is 20.8 Å². The van der Waals surface area contributed by atoms with Crippen molar-refractivity contribution in [2.75, 3.05) is 51.5 Å². The van der Waals surface area contributed by atoms with Gasteiger partial charge in [0.05, 0.1) is 38.2 Å². The van der Waals surface area contributed by atoms with E-state index in [0.29, 0.717) is 68.9 Å². The van der Waals surface area contributed by atoms with Gasteiger partial charge in [0.2, 0.25) is 5.91 Å². The second kappa shape index (κ2) is 31.4. The van der Waals surface area contributed by atoms with E-state index in [1.807, 2.05) is 31.2 Å². The third-order valence-electron chi connectivity index (χ3n) is 12.6. The predicted octanol–water partition coefficient (Wildman–Crippen LogP) is 5.00. The first-order chi connectivity index (χ1) is 37.0. The molecule has 418 valence electrons. The molecule has 0 spiro atoms. The number of aliphatic carboxylic acids is 1. The van der Waals surface area contributed by atoms with Crippen molar-refractivity contribution in [3.05, 3.63) is 112 Å². The maximum absolute atomic E-state index is 13.7. The molecule has 5 rings (SSSR count). The largest absolute Gasteiger partial charge is 0.493 e. The predicted molar refractivity (Wildman–Crippen MR) is 286 cm³/mol. The average molecular weight is 1090 g/mol. The van der Waals surface area contributed by atoms with Crippen molar-refractivity contribution in [3.8, 4) is 17.2 Å². The van der Waals surface area contributed by atoms with Crippen LogP contribution in [0.15, 0.2) is 89.0 Å². The molecular weight excluding hydrogens is 1020 g/mol. The van der Waals surface area contributed by atoms with Gasteiger partial charge in [0.25, 0.3) is 16.0 Å². The van der Waals surface area contributed by atoms with Crippen LogP contribution in [0.4, 0.5) is 5.82 Å². The molecule has 0 fully saturated rings. The molecule has 1 aromatic heterocycles. The van der Waals surface area contributed by atoms with Gasteiger partial charge < -0.3 is 55.1 Å². The molecule has 4 atom stereocenters. The van der Waals surface area contributed by atoms with E-state index in [-0.39, 0.29) is 65.9 Å². The number of Topliss-reactive ketones (excluding diaryl/α,β-unsaturated/α-hetero) is 1. The number of hydrogen-bond donors (Lipinski definition) is 9. The molecule has 1 heterocycles. The third kappa shape index (κ3) is 19.3. The van der Waals surface area contributed by atoms with E-state index < -0.39 is 59.6 Å². The number of carboxylic acids is 1. The number of ketones is 1. The molecule has 0 saturated carbocycles. The lowest BCUT2D eigenvalue weighted by molar-refractivity contribution is -0.137. The van der Waals surface area contributed by atoms with Crippen molar-refractivity contribution in [2.45, 2.75) is 120 Å². The van der Waals surface area contributed by atoms with Crippen LogP contribution in [0.5, 0.6) is 17.2 Å². The molecule has 22 heteroatoms. The zero-order valence-electron chi connectivity index (χ0n) is 43.2. The van der Waals surface area contributed by atoms with Gasteiger partial charge in [-0.25, -0.2) is 4.98 Å². The maximum Gasteiger partial charge on any atom is 0.303 e. The number of carbonyl (C=O) groups excluding carboxylic acids is 3. The molecule has 2 amide bonds. The van der Waals surface area contributed by atoms with Crippen molar-refractivity contribution in [3.63, 3.8) is 0 Å². The standard InChI is InChI=1S/C55H71N5O16S/c1-2-14-41-39-16-11-17-43(62)40(39)23-25-48(41)75-31-10-4-9-30-74-46-18-12-19-47(42(46)24-27-52(66)67)76-32-13-21-51(65)56-28-7-3-8-29-60(35-44(63)53(68)54(69)45(64)36-61)55(70)38-22-26-50(57-33-38)59-58-34-37-15-5-6-20-49(37)77(71,72)73/h2,5-6,12,14-15,18-20,22-23,25-26,33-34,44-45,53-54,61,63-64,68-69H,3-4,7-11,13,16-17,21,24,27-32,35-36H2,1H3,(H,56,65)(H,57,59)(H,66,67)(H,71,72,73)/b14-2+,58-34+. The normalized spacial score (nSPS) is 14.1. The molecule has 1 aliphatic rings. The smallest absolute Gasteiger partial charge is 0.303 e. The summed E-state index contributed by atoms with van der Waals surface area (Å²) >= 11 is 0. The van der Waals surface area contributed by atoms with E-state index in [4.69, 9.17) is 14.2 Å². The Bertz CT molecular complexity index is 2740. The van der Waals surface area contributed by atoms with Crippen LogP contribution in [0, 0.1) is 0 Å². The Hall–Kier alpha value is -6.79. The van der Waals surface area contributed by atoms with Crippen LogP contribution in [0.25, 0.3) is 6.08 Å². The Morgan fingerprint density at radius 3 is 2.17 bits per heavy atom. The molecule has 3 aromatic carbocycles. The summed E-state index contributed by atoms with van der Waals surface area (Å²) in [6.45, 7) is 2.07. The second-order valence-corrected chi connectivity index (χ2v) is 19.8. The van der Waals surface area contributed by atoms with E-state index in [0.717, 1.165) is 60.8 Å². The minimum Gasteiger partial charge on any atom is -0.493 e. The SMILES string of the molecule is C/C=C/c1c(OCCCCCOc2cccc(OCCCC(=O)NCCCCCN(CC(O)C(O)C(O)C(O)CO)C(=O)c3ccc(N/N=C/c4ccccc4S(=O)(=O)O)nc3)c2CCC(=O)O)ccc2c1CCCC2=O. The highest BCUT2D eigenvalue weighted by molar-refractivity contribution is 7.86. The average Bonchev–Trinajstić information content (AvgIpc) is 3.41. The number of amides is 2. The van der Waals surface area contributed by atoms with Crippen LogP contribution in [0.1, 0.15) is 121 Å². The first-order valence-corrected chi connectivity index (χ1v) is 27.2. The second-order valence-electron chi connectivity index (χ2n) is 18.4. The molecule has 0 bridgehead atoms. The summed E-state index contributed by atoms with van der Waals surface area (Å²) < 4.78 is 51.2. The van der Waals surface area contributed by atoms with Gasteiger partial charge in [-0.3, -0.25) is 29.2 Å². The fourth-order valence-corrected chi connectivity index (χ4v) is 9.19. The van der Waals surface area contributed by atoms with E-state index in [9.17, 15) is 62.8 Å². The number of anilines is 1. The molecule has 9 N–H and O–H groups in total. The Balaban J connectivity index is 1.04. The number of unbranched alkanes of at least 4 members (excludes halogenated alkanes) is 4. The zero-order valence-corrected chi connectivity index (χ0v) is 44.0. The van der Waals surface area contributed by atoms with Crippen molar-refractivity contribution in [1.29, 1.82) is 0 Å². The molecule has 0 saturated heterocycles. The fraction of sp³-hybridized carbons (Fsp3) is 0.455. The fourth-order valence-electron chi connectivity index (χ4n) is 8.52. The van der Waals surface area contributed by atoms with Gasteiger partial charge in [-0.2, -0.15) is 13.5 Å². The van der Waals surface area contributed by atoms with Crippen LogP contribution < -0.4 is 25.0 Å². The number of aromatic nitrogens is 1. The number of hydrogen-bond acceptors (Lipinski definition) is 17. The highest BCUT2D eigenvalue weighted by Gasteiger charge is 2.32. The van der Waals surface area contributed by atoms with Gasteiger partial charge in [-0.15, -0.1) is 0 Å². The lowest BCUT2D eigenvalue weighted by Gasteiger charge is -2.30. The number of aliphatic hydroxyl groups excluding tert-OH is 5. The monoisotopic (exact) mass is 1090 g/mol. The minimum absolute atomic E-state index is 0.0702. The molecule has 0 radical (unpaired) electrons. The Kier molecular flexibility index (Phi) is 24.9. The van der Waals surface area contributed by atoms with Gasteiger partial charge >= 0.3 is 5.97 Å². The number of fused-ring (bicyclic) bond motifs is 1. The number of carbonyl (C=O) groups is 4. The molecule has 4 unspecified atom stereocenters. The molecule has 1 aliphatic carbocycles. The van der Waals surface area contributed by atoms with Gasteiger partial charge in [0.15, 0.2) is 5.78 Å². The van der Waals surface area contributed by atoms with E-state index >= 15 is 0 Å². The summed E-state index contributed by atoms with van der Waals surface area (Å²) in [6.07, 6.45) is 5.66. The summed E-state index contributed by atoms with van der Waals surface area (Å²) in [5, 5.41) is 66.8. The van der Waals surface area contributed by atoms with Crippen LogP contribution in [-0.4, -0.2) is 154 Å². The molecule has 0 aliphatic heterocycles.